The SMILES string of the molecule is CCc1c(N2CCN(c3cnn(C)c3O)[C@H](C)C2)c(=O)n2nc(C3=CCC(OC)CC3)nc2n1CC(=O)Nc1ccc(C(F)(F)F)cc1Cl. The molecule has 4 aromatic rings. The number of rotatable bonds is 8. The highest BCUT2D eigenvalue weighted by atomic mass is 35.5. The summed E-state index contributed by atoms with van der Waals surface area (Å²) in [7, 11) is 3.31. The van der Waals surface area contributed by atoms with Crippen molar-refractivity contribution in [3.63, 3.8) is 0 Å². The molecule has 1 aliphatic carbocycles. The van der Waals surface area contributed by atoms with Crippen LogP contribution in [0.15, 0.2) is 35.3 Å². The van der Waals surface area contributed by atoms with E-state index in [1.165, 1.54) is 9.20 Å². The van der Waals surface area contributed by atoms with Crippen LogP contribution in [0, 0.1) is 0 Å². The number of nitrogens with zero attached hydrogens (tertiary/aromatic N) is 8. The summed E-state index contributed by atoms with van der Waals surface area (Å²) in [4.78, 5) is 36.6. The molecular weight excluding hydrogens is 667 g/mol. The second-order valence-electron chi connectivity index (χ2n) is 12.3. The van der Waals surface area contributed by atoms with E-state index in [0.717, 1.165) is 30.2 Å². The zero-order valence-corrected chi connectivity index (χ0v) is 28.2. The number of ether oxygens (including phenoxy) is 1. The number of alkyl halides is 3. The first-order chi connectivity index (χ1) is 23.3. The Bertz CT molecular complexity index is 1990. The van der Waals surface area contributed by atoms with Crippen molar-refractivity contribution in [3.8, 4) is 5.88 Å². The highest BCUT2D eigenvalue weighted by Crippen LogP contribution is 2.35. The Morgan fingerprint density at radius 2 is 2.02 bits per heavy atom. The molecule has 1 unspecified atom stereocenters. The van der Waals surface area contributed by atoms with Crippen molar-refractivity contribution < 1.29 is 27.8 Å². The van der Waals surface area contributed by atoms with Gasteiger partial charge >= 0.3 is 6.18 Å². The monoisotopic (exact) mass is 703 g/mol. The average molecular weight is 704 g/mol. The maximum atomic E-state index is 14.3. The summed E-state index contributed by atoms with van der Waals surface area (Å²) >= 11 is 6.14. The van der Waals surface area contributed by atoms with Gasteiger partial charge < -0.3 is 29.5 Å². The number of allylic oxidation sites excluding steroid dienone is 1. The van der Waals surface area contributed by atoms with Gasteiger partial charge in [-0.1, -0.05) is 24.6 Å². The number of benzene rings is 1. The number of anilines is 3. The number of aromatic nitrogens is 6. The molecule has 3 aromatic heterocycles. The highest BCUT2D eigenvalue weighted by molar-refractivity contribution is 6.33. The van der Waals surface area contributed by atoms with Crippen molar-refractivity contribution >= 4 is 45.9 Å². The van der Waals surface area contributed by atoms with Crippen LogP contribution < -0.4 is 20.7 Å². The van der Waals surface area contributed by atoms with Gasteiger partial charge in [-0.05, 0) is 56.4 Å². The van der Waals surface area contributed by atoms with Gasteiger partial charge in [-0.3, -0.25) is 9.59 Å². The van der Waals surface area contributed by atoms with E-state index in [9.17, 15) is 27.9 Å². The summed E-state index contributed by atoms with van der Waals surface area (Å²) in [5.74, 6) is -0.00373. The van der Waals surface area contributed by atoms with Crippen LogP contribution in [-0.2, 0) is 35.7 Å². The first-order valence-corrected chi connectivity index (χ1v) is 16.3. The van der Waals surface area contributed by atoms with Gasteiger partial charge in [-0.15, -0.1) is 5.10 Å². The number of nitrogens with one attached hydrogen (secondary N) is 1. The first-order valence-electron chi connectivity index (χ1n) is 15.9. The summed E-state index contributed by atoms with van der Waals surface area (Å²) in [6.45, 7) is 4.85. The van der Waals surface area contributed by atoms with Crippen molar-refractivity contribution in [3.05, 3.63) is 62.9 Å². The zero-order chi connectivity index (χ0) is 35.2. The smallest absolute Gasteiger partial charge is 0.416 e. The Labute approximate surface area is 284 Å². The molecule has 262 valence electrons. The van der Waals surface area contributed by atoms with Gasteiger partial charge in [0.05, 0.1) is 34.3 Å². The van der Waals surface area contributed by atoms with Crippen molar-refractivity contribution in [2.75, 3.05) is 41.9 Å². The lowest BCUT2D eigenvalue weighted by molar-refractivity contribution is -0.137. The van der Waals surface area contributed by atoms with Gasteiger partial charge in [0.1, 0.15) is 17.9 Å². The molecule has 13 nitrogen and oxygen atoms in total. The fourth-order valence-electron chi connectivity index (χ4n) is 6.56. The van der Waals surface area contributed by atoms with E-state index in [1.54, 1.807) is 24.9 Å². The Balaban J connectivity index is 1.39. The predicted molar refractivity (Wildman–Crippen MR) is 178 cm³/mol. The molecule has 1 amide bonds. The number of aromatic hydroxyl groups is 1. The summed E-state index contributed by atoms with van der Waals surface area (Å²) in [5, 5.41) is 21.7. The molecule has 1 saturated heterocycles. The summed E-state index contributed by atoms with van der Waals surface area (Å²) < 4.78 is 49.3. The minimum absolute atomic E-state index is 0.0146. The zero-order valence-electron chi connectivity index (χ0n) is 27.5. The summed E-state index contributed by atoms with van der Waals surface area (Å²) in [6.07, 6.45) is 1.51. The molecule has 2 N–H and O–H groups in total. The number of amides is 1. The van der Waals surface area contributed by atoms with E-state index in [4.69, 9.17) is 21.3 Å². The molecule has 2 aliphatic rings. The van der Waals surface area contributed by atoms with Crippen LogP contribution >= 0.6 is 11.6 Å². The van der Waals surface area contributed by atoms with E-state index in [-0.39, 0.29) is 46.6 Å². The number of piperazine rings is 1. The fraction of sp³-hybridized carbons (Fsp3) is 0.469. The van der Waals surface area contributed by atoms with E-state index >= 15 is 0 Å². The maximum Gasteiger partial charge on any atom is 0.416 e. The number of carbonyl (C=O) groups excluding carboxylic acids is 1. The second kappa shape index (κ2) is 13.4. The molecule has 6 rings (SSSR count). The van der Waals surface area contributed by atoms with Gasteiger partial charge in [0.15, 0.2) is 5.82 Å². The standard InChI is InChI=1S/C32H37ClF3N9O4/c1-5-24-27(42-12-13-43(18(2)16-42)25-15-37-41(3)29(25)47)30(48)45-31(39-28(40-45)19-6-9-21(49-4)10-7-19)44(24)17-26(46)38-23-11-8-20(14-22(23)33)32(34,35)36/h6,8,11,14-15,18,21,47H,5,7,9-10,12-13,16-17H2,1-4H3,(H,38,46)/t18-,21?/m1/s1. The third-order valence-electron chi connectivity index (χ3n) is 9.16. The van der Waals surface area contributed by atoms with E-state index < -0.39 is 17.6 Å². The number of hydrogen-bond donors (Lipinski definition) is 2. The van der Waals surface area contributed by atoms with Crippen LogP contribution in [0.3, 0.4) is 0 Å². The molecule has 49 heavy (non-hydrogen) atoms. The van der Waals surface area contributed by atoms with Gasteiger partial charge in [0, 0.05) is 39.8 Å². The summed E-state index contributed by atoms with van der Waals surface area (Å²) in [5.41, 5.74) is 1.06. The quantitative estimate of drug-likeness (QED) is 0.272. The lowest BCUT2D eigenvalue weighted by Crippen LogP contribution is -2.54. The van der Waals surface area contributed by atoms with Crippen LogP contribution in [0.25, 0.3) is 11.4 Å². The number of aryl methyl sites for hydroxylation is 1. The minimum Gasteiger partial charge on any atom is -0.492 e. The lowest BCUT2D eigenvalue weighted by atomic mass is 9.97. The molecule has 0 bridgehead atoms. The highest BCUT2D eigenvalue weighted by Gasteiger charge is 2.33. The maximum absolute atomic E-state index is 14.3. The fourth-order valence-corrected chi connectivity index (χ4v) is 6.79. The summed E-state index contributed by atoms with van der Waals surface area (Å²) in [6, 6.07) is 2.58. The van der Waals surface area contributed by atoms with Crippen LogP contribution in [0.1, 0.15) is 50.2 Å². The average Bonchev–Trinajstić information content (AvgIpc) is 3.66. The van der Waals surface area contributed by atoms with Gasteiger partial charge in [0.25, 0.3) is 5.56 Å². The number of carbonyl (C=O) groups is 1. The predicted octanol–water partition coefficient (Wildman–Crippen LogP) is 4.50. The molecule has 1 aliphatic heterocycles. The molecule has 0 spiro atoms. The van der Waals surface area contributed by atoms with Gasteiger partial charge in [-0.25, -0.2) is 4.68 Å². The Kier molecular flexibility index (Phi) is 9.37. The van der Waals surface area contributed by atoms with Crippen molar-refractivity contribution in [2.24, 2.45) is 7.05 Å². The molecule has 1 aromatic carbocycles. The molecular formula is C32H37ClF3N9O4. The largest absolute Gasteiger partial charge is 0.492 e. The van der Waals surface area contributed by atoms with Crippen molar-refractivity contribution in [2.45, 2.75) is 64.4 Å². The molecule has 2 atom stereocenters. The van der Waals surface area contributed by atoms with Crippen molar-refractivity contribution in [1.82, 2.24) is 28.9 Å². The first kappa shape index (κ1) is 34.3. The van der Waals surface area contributed by atoms with E-state index in [2.05, 4.69) is 15.5 Å². The second-order valence-corrected chi connectivity index (χ2v) is 12.7. The number of fused-ring (bicyclic) bond motifs is 1. The van der Waals surface area contributed by atoms with Crippen LogP contribution in [0.5, 0.6) is 5.88 Å². The Morgan fingerprint density at radius 1 is 1.24 bits per heavy atom. The van der Waals surface area contributed by atoms with E-state index in [1.807, 2.05) is 29.7 Å². The topological polar surface area (TPSA) is 135 Å². The molecule has 4 heterocycles. The molecule has 0 saturated carbocycles. The van der Waals surface area contributed by atoms with Crippen LogP contribution in [0.4, 0.5) is 30.2 Å². The Hall–Kier alpha value is -4.57. The molecule has 1 fully saturated rings. The van der Waals surface area contributed by atoms with Crippen LogP contribution in [-0.4, -0.2) is 78.8 Å². The molecule has 17 heteroatoms. The Morgan fingerprint density at radius 3 is 2.61 bits per heavy atom. The molecule has 0 radical (unpaired) electrons. The normalized spacial score (nSPS) is 18.7. The number of hydrogen-bond acceptors (Lipinski definition) is 9. The van der Waals surface area contributed by atoms with Gasteiger partial charge in [-0.2, -0.15) is 27.8 Å². The van der Waals surface area contributed by atoms with Gasteiger partial charge in [0.2, 0.25) is 17.6 Å². The number of halogens is 4. The minimum atomic E-state index is -4.59. The van der Waals surface area contributed by atoms with Crippen LogP contribution in [0.2, 0.25) is 5.02 Å². The van der Waals surface area contributed by atoms with Crippen molar-refractivity contribution in [1.29, 1.82) is 0 Å². The third-order valence-corrected chi connectivity index (χ3v) is 9.47. The van der Waals surface area contributed by atoms with E-state index in [0.29, 0.717) is 61.8 Å². The third kappa shape index (κ3) is 6.58. The lowest BCUT2D eigenvalue weighted by Gasteiger charge is -2.42. The number of methoxy groups -OCH3 is 1.